The van der Waals surface area contributed by atoms with Gasteiger partial charge in [-0.05, 0) is 37.3 Å². The smallest absolute Gasteiger partial charge is 0.256 e. The van der Waals surface area contributed by atoms with Crippen molar-refractivity contribution >= 4 is 11.8 Å². The maximum Gasteiger partial charge on any atom is 0.256 e. The van der Waals surface area contributed by atoms with E-state index in [1.807, 2.05) is 6.92 Å². The molecule has 0 aromatic heterocycles. The number of benzene rings is 1. The van der Waals surface area contributed by atoms with E-state index in [-0.39, 0.29) is 22.8 Å². The predicted octanol–water partition coefficient (Wildman–Crippen LogP) is 1.88. The fourth-order valence-corrected chi connectivity index (χ4v) is 3.26. The molecule has 21 heavy (non-hydrogen) atoms. The third kappa shape index (κ3) is 2.64. The Bertz CT molecular complexity index is 592. The van der Waals surface area contributed by atoms with Crippen LogP contribution in [0, 0.1) is 18.2 Å². The van der Waals surface area contributed by atoms with E-state index >= 15 is 0 Å². The first-order valence-corrected chi connectivity index (χ1v) is 7.31. The molecule has 0 bridgehead atoms. The van der Waals surface area contributed by atoms with Crippen molar-refractivity contribution in [3.8, 4) is 0 Å². The Morgan fingerprint density at radius 2 is 2.05 bits per heavy atom. The van der Waals surface area contributed by atoms with Crippen molar-refractivity contribution in [2.45, 2.75) is 26.2 Å². The second-order valence-corrected chi connectivity index (χ2v) is 6.23. The number of nitrogens with one attached hydrogen (secondary N) is 1. The molecule has 2 aliphatic heterocycles. The Balaban J connectivity index is 1.70. The van der Waals surface area contributed by atoms with Gasteiger partial charge in [0.25, 0.3) is 5.91 Å². The lowest BCUT2D eigenvalue weighted by Gasteiger charge is -2.38. The van der Waals surface area contributed by atoms with Crippen LogP contribution < -0.4 is 5.32 Å². The fraction of sp³-hybridized carbons (Fsp3) is 0.500. The molecule has 1 N–H and O–H groups in total. The Morgan fingerprint density at radius 1 is 1.33 bits per heavy atom. The molecule has 3 rings (SSSR count). The summed E-state index contributed by atoms with van der Waals surface area (Å²) in [6.07, 6.45) is 2.14. The van der Waals surface area contributed by atoms with Gasteiger partial charge in [-0.2, -0.15) is 0 Å². The number of carbonyl (C=O) groups excluding carboxylic acids is 2. The third-order valence-electron chi connectivity index (χ3n) is 4.66. The highest BCUT2D eigenvalue weighted by Gasteiger charge is 2.41. The quantitative estimate of drug-likeness (QED) is 0.858. The average Bonchev–Trinajstić information content (AvgIpc) is 2.83. The molecule has 1 spiro atoms. The van der Waals surface area contributed by atoms with Crippen LogP contribution in [0.15, 0.2) is 18.2 Å². The van der Waals surface area contributed by atoms with E-state index in [1.165, 1.54) is 6.07 Å². The van der Waals surface area contributed by atoms with Crippen LogP contribution >= 0.6 is 0 Å². The Hall–Kier alpha value is -1.91. The van der Waals surface area contributed by atoms with Crippen LogP contribution in [0.4, 0.5) is 4.39 Å². The minimum absolute atomic E-state index is 0.000980. The van der Waals surface area contributed by atoms with E-state index in [0.717, 1.165) is 18.4 Å². The van der Waals surface area contributed by atoms with E-state index in [2.05, 4.69) is 5.32 Å². The molecule has 112 valence electrons. The molecular weight excluding hydrogens is 271 g/mol. The van der Waals surface area contributed by atoms with Gasteiger partial charge < -0.3 is 10.2 Å². The second-order valence-electron chi connectivity index (χ2n) is 6.23. The summed E-state index contributed by atoms with van der Waals surface area (Å²) in [5.41, 5.74) is 1.02. The minimum atomic E-state index is -0.469. The summed E-state index contributed by atoms with van der Waals surface area (Å²) in [7, 11) is 0. The van der Waals surface area contributed by atoms with Gasteiger partial charge in [0, 0.05) is 26.1 Å². The number of rotatable bonds is 1. The van der Waals surface area contributed by atoms with Crippen LogP contribution in [0.3, 0.4) is 0 Å². The van der Waals surface area contributed by atoms with Crippen LogP contribution in [0.5, 0.6) is 0 Å². The summed E-state index contributed by atoms with van der Waals surface area (Å²) < 4.78 is 13.8. The van der Waals surface area contributed by atoms with E-state index < -0.39 is 5.82 Å². The molecule has 0 aliphatic carbocycles. The van der Waals surface area contributed by atoms with Gasteiger partial charge in [0.15, 0.2) is 0 Å². The third-order valence-corrected chi connectivity index (χ3v) is 4.66. The van der Waals surface area contributed by atoms with Crippen molar-refractivity contribution in [3.05, 3.63) is 35.1 Å². The van der Waals surface area contributed by atoms with Gasteiger partial charge in [0.1, 0.15) is 5.82 Å². The van der Waals surface area contributed by atoms with Gasteiger partial charge in [-0.1, -0.05) is 11.6 Å². The molecule has 2 aliphatic rings. The Labute approximate surface area is 123 Å². The normalized spacial score (nSPS) is 20.7. The number of amides is 2. The number of nitrogens with zero attached hydrogens (tertiary/aromatic N) is 1. The van der Waals surface area contributed by atoms with Gasteiger partial charge in [-0.25, -0.2) is 4.39 Å². The van der Waals surface area contributed by atoms with Crippen molar-refractivity contribution in [1.82, 2.24) is 10.2 Å². The monoisotopic (exact) mass is 290 g/mol. The highest BCUT2D eigenvalue weighted by molar-refractivity contribution is 5.94. The van der Waals surface area contributed by atoms with Crippen molar-refractivity contribution < 1.29 is 14.0 Å². The molecule has 2 amide bonds. The summed E-state index contributed by atoms with van der Waals surface area (Å²) in [4.78, 5) is 25.5. The van der Waals surface area contributed by atoms with E-state index in [4.69, 9.17) is 0 Å². The summed E-state index contributed by atoms with van der Waals surface area (Å²) >= 11 is 0. The Kier molecular flexibility index (Phi) is 3.43. The van der Waals surface area contributed by atoms with E-state index in [9.17, 15) is 14.0 Å². The van der Waals surface area contributed by atoms with E-state index in [0.29, 0.717) is 26.1 Å². The van der Waals surface area contributed by atoms with Gasteiger partial charge in [-0.15, -0.1) is 0 Å². The van der Waals surface area contributed by atoms with Gasteiger partial charge in [0.2, 0.25) is 5.91 Å². The van der Waals surface area contributed by atoms with Crippen molar-refractivity contribution in [2.75, 3.05) is 19.6 Å². The maximum absolute atomic E-state index is 13.8. The standard InChI is InChI=1S/C16H19FN2O2/c1-11-2-3-13(17)12(8-11)15(21)19-6-4-16(5-7-19)9-14(20)18-10-16/h2-3,8H,4-7,9-10H2,1H3,(H,18,20). The lowest BCUT2D eigenvalue weighted by atomic mass is 9.77. The van der Waals surface area contributed by atoms with Crippen molar-refractivity contribution in [1.29, 1.82) is 0 Å². The van der Waals surface area contributed by atoms with Crippen molar-refractivity contribution in [3.63, 3.8) is 0 Å². The summed E-state index contributed by atoms with van der Waals surface area (Å²) in [6, 6.07) is 4.60. The van der Waals surface area contributed by atoms with Crippen LogP contribution in [0.25, 0.3) is 0 Å². The zero-order chi connectivity index (χ0) is 15.0. The van der Waals surface area contributed by atoms with Crippen LogP contribution in [0.2, 0.25) is 0 Å². The first-order chi connectivity index (χ1) is 9.99. The van der Waals surface area contributed by atoms with Crippen LogP contribution in [-0.4, -0.2) is 36.3 Å². The number of piperidine rings is 1. The van der Waals surface area contributed by atoms with E-state index in [1.54, 1.807) is 17.0 Å². The summed E-state index contributed by atoms with van der Waals surface area (Å²) in [5.74, 6) is -0.619. The number of hydrogen-bond donors (Lipinski definition) is 1. The van der Waals surface area contributed by atoms with Crippen LogP contribution in [0.1, 0.15) is 35.2 Å². The number of likely N-dealkylation sites (tertiary alicyclic amines) is 1. The topological polar surface area (TPSA) is 49.4 Å². The molecule has 0 radical (unpaired) electrons. The first-order valence-electron chi connectivity index (χ1n) is 7.31. The average molecular weight is 290 g/mol. The van der Waals surface area contributed by atoms with Gasteiger partial charge >= 0.3 is 0 Å². The number of carbonyl (C=O) groups is 2. The number of halogens is 1. The largest absolute Gasteiger partial charge is 0.356 e. The molecule has 2 fully saturated rings. The maximum atomic E-state index is 13.8. The first kappa shape index (κ1) is 14.0. The Morgan fingerprint density at radius 3 is 2.67 bits per heavy atom. The molecule has 2 saturated heterocycles. The molecule has 5 heteroatoms. The number of hydrogen-bond acceptors (Lipinski definition) is 2. The molecule has 1 aromatic rings. The molecule has 4 nitrogen and oxygen atoms in total. The van der Waals surface area contributed by atoms with Crippen molar-refractivity contribution in [2.24, 2.45) is 5.41 Å². The predicted molar refractivity (Wildman–Crippen MR) is 76.3 cm³/mol. The molecule has 0 atom stereocenters. The summed E-state index contributed by atoms with van der Waals surface area (Å²) in [5, 5.41) is 2.87. The second kappa shape index (κ2) is 5.13. The molecule has 0 unspecified atom stereocenters. The fourth-order valence-electron chi connectivity index (χ4n) is 3.26. The van der Waals surface area contributed by atoms with Crippen LogP contribution in [-0.2, 0) is 4.79 Å². The lowest BCUT2D eigenvalue weighted by Crippen LogP contribution is -2.44. The van der Waals surface area contributed by atoms with Gasteiger partial charge in [0.05, 0.1) is 5.56 Å². The minimum Gasteiger partial charge on any atom is -0.356 e. The zero-order valence-corrected chi connectivity index (χ0v) is 12.1. The highest BCUT2D eigenvalue weighted by Crippen LogP contribution is 2.37. The van der Waals surface area contributed by atoms with Gasteiger partial charge in [-0.3, -0.25) is 9.59 Å². The SMILES string of the molecule is Cc1ccc(F)c(C(=O)N2CCC3(CC2)CNC(=O)C3)c1. The molecular formula is C16H19FN2O2. The summed E-state index contributed by atoms with van der Waals surface area (Å²) in [6.45, 7) is 3.71. The number of aryl methyl sites for hydroxylation is 1. The molecule has 0 saturated carbocycles. The molecule has 1 aromatic carbocycles. The zero-order valence-electron chi connectivity index (χ0n) is 12.1. The molecule has 2 heterocycles. The highest BCUT2D eigenvalue weighted by atomic mass is 19.1. The lowest BCUT2D eigenvalue weighted by molar-refractivity contribution is -0.119.